The highest BCUT2D eigenvalue weighted by atomic mass is 16.6. The number of ether oxygens (including phenoxy) is 1. The van der Waals surface area contributed by atoms with Gasteiger partial charge in [0.15, 0.2) is 24.0 Å². The van der Waals surface area contributed by atoms with Crippen LogP contribution in [0.4, 0.5) is 0 Å². The molecule has 23 heavy (non-hydrogen) atoms. The van der Waals surface area contributed by atoms with Crippen LogP contribution in [0.25, 0.3) is 11.3 Å². The highest BCUT2D eigenvalue weighted by Crippen LogP contribution is 2.25. The van der Waals surface area contributed by atoms with Crippen molar-refractivity contribution in [3.63, 3.8) is 0 Å². The molecule has 7 nitrogen and oxygen atoms in total. The molecule has 0 radical (unpaired) electrons. The van der Waals surface area contributed by atoms with Crippen LogP contribution in [-0.4, -0.2) is 21.2 Å². The Kier molecular flexibility index (Phi) is 3.92. The first-order valence-corrected chi connectivity index (χ1v) is 7.06. The first kappa shape index (κ1) is 15.0. The number of carbonyl (C=O) groups is 1. The Labute approximate surface area is 132 Å². The van der Waals surface area contributed by atoms with Gasteiger partial charge in [-0.3, -0.25) is 0 Å². The van der Waals surface area contributed by atoms with Crippen LogP contribution in [-0.2, 0) is 4.74 Å². The number of aryl methyl sites for hydroxylation is 2. The zero-order chi connectivity index (χ0) is 16.4. The Morgan fingerprint density at radius 1 is 1.17 bits per heavy atom. The van der Waals surface area contributed by atoms with Crippen molar-refractivity contribution in [3.8, 4) is 11.3 Å². The number of hydrogen-bond acceptors (Lipinski definition) is 7. The van der Waals surface area contributed by atoms with Crippen molar-refractivity contribution in [2.75, 3.05) is 0 Å². The van der Waals surface area contributed by atoms with E-state index in [1.54, 1.807) is 13.8 Å². The summed E-state index contributed by atoms with van der Waals surface area (Å²) in [7, 11) is 0. The van der Waals surface area contributed by atoms with Crippen LogP contribution in [0.3, 0.4) is 0 Å². The minimum absolute atomic E-state index is 0.108. The van der Waals surface area contributed by atoms with Gasteiger partial charge in [-0.15, -0.1) is 10.2 Å². The first-order valence-electron chi connectivity index (χ1n) is 7.06. The summed E-state index contributed by atoms with van der Waals surface area (Å²) >= 11 is 0. The first-order chi connectivity index (χ1) is 11.0. The molecule has 0 aliphatic rings. The molecule has 7 heteroatoms. The zero-order valence-corrected chi connectivity index (χ0v) is 12.9. The maximum Gasteiger partial charge on any atom is 0.361 e. The minimum Gasteiger partial charge on any atom is -0.448 e. The van der Waals surface area contributed by atoms with Gasteiger partial charge in [0.25, 0.3) is 5.89 Å². The van der Waals surface area contributed by atoms with Crippen LogP contribution in [0.2, 0.25) is 0 Å². The maximum absolute atomic E-state index is 12.3. The van der Waals surface area contributed by atoms with Crippen molar-refractivity contribution < 1.29 is 18.4 Å². The van der Waals surface area contributed by atoms with Crippen molar-refractivity contribution in [1.29, 1.82) is 0 Å². The fraction of sp³-hybridized carbons (Fsp3) is 0.250. The predicted octanol–water partition coefficient (Wildman–Crippen LogP) is 3.26. The molecule has 1 atom stereocenters. The Morgan fingerprint density at radius 3 is 2.57 bits per heavy atom. The van der Waals surface area contributed by atoms with Gasteiger partial charge in [-0.2, -0.15) is 0 Å². The van der Waals surface area contributed by atoms with Crippen LogP contribution in [0, 0.1) is 13.8 Å². The second-order valence-corrected chi connectivity index (χ2v) is 5.10. The third kappa shape index (κ3) is 3.13. The van der Waals surface area contributed by atoms with Gasteiger partial charge in [-0.05, 0) is 13.8 Å². The normalized spacial score (nSPS) is 12.1. The molecule has 3 aromatic rings. The Morgan fingerprint density at radius 2 is 1.91 bits per heavy atom. The standard InChI is InChI=1S/C16H15N3O4/c1-9-4-6-12(7-5-9)14-13(17-8-21-14)16(20)22-10(2)15-19-18-11(3)23-15/h4-8,10H,1-3H3/t10-/m1/s1. The smallest absolute Gasteiger partial charge is 0.361 e. The van der Waals surface area contributed by atoms with E-state index in [0.717, 1.165) is 11.1 Å². The van der Waals surface area contributed by atoms with Crippen LogP contribution >= 0.6 is 0 Å². The summed E-state index contributed by atoms with van der Waals surface area (Å²) in [5.74, 6) is 0.391. The van der Waals surface area contributed by atoms with Gasteiger partial charge in [-0.25, -0.2) is 9.78 Å². The number of benzene rings is 1. The Hall–Kier alpha value is -2.96. The second-order valence-electron chi connectivity index (χ2n) is 5.10. The topological polar surface area (TPSA) is 91.2 Å². The number of aromatic nitrogens is 3. The number of carbonyl (C=O) groups excluding carboxylic acids is 1. The summed E-state index contributed by atoms with van der Waals surface area (Å²) < 4.78 is 15.9. The van der Waals surface area contributed by atoms with E-state index in [4.69, 9.17) is 13.6 Å². The molecule has 2 aromatic heterocycles. The van der Waals surface area contributed by atoms with Gasteiger partial charge in [-0.1, -0.05) is 29.8 Å². The highest BCUT2D eigenvalue weighted by molar-refractivity contribution is 5.93. The molecule has 0 saturated carbocycles. The Bertz CT molecular complexity index is 820. The van der Waals surface area contributed by atoms with Crippen molar-refractivity contribution in [1.82, 2.24) is 15.2 Å². The minimum atomic E-state index is -0.675. The summed E-state index contributed by atoms with van der Waals surface area (Å²) in [5, 5.41) is 7.54. The van der Waals surface area contributed by atoms with E-state index < -0.39 is 12.1 Å². The van der Waals surface area contributed by atoms with E-state index in [-0.39, 0.29) is 11.6 Å². The summed E-state index contributed by atoms with van der Waals surface area (Å²) in [6.07, 6.45) is 0.541. The lowest BCUT2D eigenvalue weighted by Crippen LogP contribution is -2.11. The van der Waals surface area contributed by atoms with Gasteiger partial charge >= 0.3 is 5.97 Å². The van der Waals surface area contributed by atoms with Crippen LogP contribution in [0.15, 0.2) is 39.5 Å². The number of oxazole rings is 1. The van der Waals surface area contributed by atoms with Crippen molar-refractivity contribution >= 4 is 5.97 Å². The third-order valence-electron chi connectivity index (χ3n) is 3.25. The molecule has 2 heterocycles. The molecule has 3 rings (SSSR count). The van der Waals surface area contributed by atoms with Crippen molar-refractivity contribution in [2.45, 2.75) is 26.9 Å². The molecule has 0 bridgehead atoms. The average Bonchev–Trinajstić information content (AvgIpc) is 3.17. The zero-order valence-electron chi connectivity index (χ0n) is 12.9. The molecule has 0 fully saturated rings. The van der Waals surface area contributed by atoms with Crippen molar-refractivity contribution in [2.24, 2.45) is 0 Å². The maximum atomic E-state index is 12.3. The lowest BCUT2D eigenvalue weighted by atomic mass is 10.1. The summed E-state index contributed by atoms with van der Waals surface area (Å²) in [4.78, 5) is 16.3. The van der Waals surface area contributed by atoms with Gasteiger partial charge < -0.3 is 13.6 Å². The number of nitrogens with zero attached hydrogens (tertiary/aromatic N) is 3. The van der Waals surface area contributed by atoms with Gasteiger partial charge in [0.05, 0.1) is 0 Å². The molecule has 0 N–H and O–H groups in total. The molecule has 1 aromatic carbocycles. The fourth-order valence-electron chi connectivity index (χ4n) is 2.04. The Balaban J connectivity index is 1.81. The quantitative estimate of drug-likeness (QED) is 0.683. The second kappa shape index (κ2) is 6.04. The predicted molar refractivity (Wildman–Crippen MR) is 79.5 cm³/mol. The van der Waals surface area contributed by atoms with Crippen molar-refractivity contribution in [3.05, 3.63) is 53.7 Å². The van der Waals surface area contributed by atoms with E-state index >= 15 is 0 Å². The van der Waals surface area contributed by atoms with E-state index in [1.165, 1.54) is 6.39 Å². The lowest BCUT2D eigenvalue weighted by molar-refractivity contribution is 0.0271. The van der Waals surface area contributed by atoms with Gasteiger partial charge in [0.1, 0.15) is 0 Å². The summed E-state index contributed by atoms with van der Waals surface area (Å²) in [6, 6.07) is 7.57. The molecule has 0 aliphatic carbocycles. The molecule has 0 amide bonds. The molecule has 0 aliphatic heterocycles. The SMILES string of the molecule is Cc1ccc(-c2ocnc2C(=O)O[C@H](C)c2nnc(C)o2)cc1. The number of hydrogen-bond donors (Lipinski definition) is 0. The molecule has 0 unspecified atom stereocenters. The molecule has 0 spiro atoms. The van der Waals surface area contributed by atoms with E-state index in [2.05, 4.69) is 15.2 Å². The van der Waals surface area contributed by atoms with Crippen LogP contribution < -0.4 is 0 Å². The van der Waals surface area contributed by atoms with Gasteiger partial charge in [0, 0.05) is 12.5 Å². The summed E-state index contributed by atoms with van der Waals surface area (Å²) in [6.45, 7) is 5.29. The van der Waals surface area contributed by atoms with Crippen LogP contribution in [0.1, 0.15) is 40.9 Å². The fourth-order valence-corrected chi connectivity index (χ4v) is 2.04. The van der Waals surface area contributed by atoms with Crippen LogP contribution in [0.5, 0.6) is 0 Å². The largest absolute Gasteiger partial charge is 0.448 e. The number of rotatable bonds is 4. The highest BCUT2D eigenvalue weighted by Gasteiger charge is 2.24. The lowest BCUT2D eigenvalue weighted by Gasteiger charge is -2.08. The average molecular weight is 313 g/mol. The van der Waals surface area contributed by atoms with E-state index in [0.29, 0.717) is 11.7 Å². The molecular formula is C16H15N3O4. The summed E-state index contributed by atoms with van der Waals surface area (Å²) in [5.41, 5.74) is 1.97. The number of esters is 1. The molecule has 0 saturated heterocycles. The molecule has 118 valence electrons. The monoisotopic (exact) mass is 313 g/mol. The van der Waals surface area contributed by atoms with E-state index in [1.807, 2.05) is 31.2 Å². The third-order valence-corrected chi connectivity index (χ3v) is 3.25. The van der Waals surface area contributed by atoms with E-state index in [9.17, 15) is 4.79 Å². The van der Waals surface area contributed by atoms with Gasteiger partial charge in [0.2, 0.25) is 5.89 Å². The molecular weight excluding hydrogens is 298 g/mol.